The van der Waals surface area contributed by atoms with Gasteiger partial charge in [0.05, 0.1) is 0 Å². The van der Waals surface area contributed by atoms with Crippen molar-refractivity contribution in [2.45, 2.75) is 39.3 Å². The Bertz CT molecular complexity index is 449. The maximum Gasteiger partial charge on any atom is 0.319 e. The predicted octanol–water partition coefficient (Wildman–Crippen LogP) is 2.25. The van der Waals surface area contributed by atoms with Crippen LogP contribution in [0.4, 0.5) is 10.5 Å². The molecular formula is C14H21N3O. The number of hydrogen-bond donors (Lipinski definition) is 3. The number of benzene rings is 1. The van der Waals surface area contributed by atoms with Crippen molar-refractivity contribution in [2.75, 3.05) is 11.9 Å². The van der Waals surface area contributed by atoms with Crippen LogP contribution in [0.3, 0.4) is 0 Å². The van der Waals surface area contributed by atoms with Gasteiger partial charge in [0.2, 0.25) is 0 Å². The molecule has 1 heterocycles. The summed E-state index contributed by atoms with van der Waals surface area (Å²) in [5, 5.41) is 9.08. The lowest BCUT2D eigenvalue weighted by Gasteiger charge is -2.22. The zero-order valence-electron chi connectivity index (χ0n) is 11.3. The second-order valence-corrected chi connectivity index (χ2v) is 5.74. The van der Waals surface area contributed by atoms with E-state index < -0.39 is 0 Å². The van der Waals surface area contributed by atoms with E-state index in [2.05, 4.69) is 22.0 Å². The van der Waals surface area contributed by atoms with Gasteiger partial charge in [0.25, 0.3) is 0 Å². The van der Waals surface area contributed by atoms with E-state index in [1.54, 1.807) is 0 Å². The third-order valence-electron chi connectivity index (χ3n) is 2.84. The summed E-state index contributed by atoms with van der Waals surface area (Å²) >= 11 is 0. The van der Waals surface area contributed by atoms with E-state index in [1.165, 1.54) is 11.1 Å². The van der Waals surface area contributed by atoms with E-state index in [4.69, 9.17) is 0 Å². The first-order valence-corrected chi connectivity index (χ1v) is 6.36. The van der Waals surface area contributed by atoms with Gasteiger partial charge in [-0.25, -0.2) is 4.79 Å². The maximum atomic E-state index is 11.8. The SMILES string of the molecule is CC(C)(C)NC(=O)Nc1ccc2c(c1)CNCC2. The zero-order valence-corrected chi connectivity index (χ0v) is 11.3. The first kappa shape index (κ1) is 12.9. The second kappa shape index (κ2) is 4.98. The molecule has 0 unspecified atom stereocenters. The molecule has 1 aromatic carbocycles. The van der Waals surface area contributed by atoms with Crippen molar-refractivity contribution in [1.82, 2.24) is 10.6 Å². The van der Waals surface area contributed by atoms with Crippen LogP contribution in [-0.2, 0) is 13.0 Å². The fraction of sp³-hybridized carbons (Fsp3) is 0.500. The number of nitrogens with one attached hydrogen (secondary N) is 3. The van der Waals surface area contributed by atoms with Gasteiger partial charge in [-0.05, 0) is 57.0 Å². The normalized spacial score (nSPS) is 14.8. The highest BCUT2D eigenvalue weighted by Gasteiger charge is 2.14. The summed E-state index contributed by atoms with van der Waals surface area (Å²) < 4.78 is 0. The molecule has 0 radical (unpaired) electrons. The van der Waals surface area contributed by atoms with Crippen LogP contribution >= 0.6 is 0 Å². The average molecular weight is 247 g/mol. The molecule has 3 N–H and O–H groups in total. The number of fused-ring (bicyclic) bond motifs is 1. The highest BCUT2D eigenvalue weighted by atomic mass is 16.2. The molecule has 0 aliphatic carbocycles. The number of urea groups is 1. The Morgan fingerprint density at radius 3 is 2.78 bits per heavy atom. The first-order chi connectivity index (χ1) is 8.44. The van der Waals surface area contributed by atoms with Crippen LogP contribution in [-0.4, -0.2) is 18.1 Å². The van der Waals surface area contributed by atoms with Crippen LogP contribution in [0.2, 0.25) is 0 Å². The quantitative estimate of drug-likeness (QED) is 0.713. The molecule has 0 aromatic heterocycles. The van der Waals surface area contributed by atoms with Crippen molar-refractivity contribution in [3.05, 3.63) is 29.3 Å². The van der Waals surface area contributed by atoms with E-state index >= 15 is 0 Å². The molecule has 0 bridgehead atoms. The Labute approximate surface area is 108 Å². The number of carbonyl (C=O) groups excluding carboxylic acids is 1. The molecule has 4 heteroatoms. The molecule has 2 amide bonds. The minimum Gasteiger partial charge on any atom is -0.333 e. The monoisotopic (exact) mass is 247 g/mol. The van der Waals surface area contributed by atoms with Crippen molar-refractivity contribution in [3.8, 4) is 0 Å². The van der Waals surface area contributed by atoms with Crippen LogP contribution in [0.25, 0.3) is 0 Å². The summed E-state index contributed by atoms with van der Waals surface area (Å²) in [5.74, 6) is 0. The fourth-order valence-electron chi connectivity index (χ4n) is 2.06. The molecule has 1 aliphatic rings. The van der Waals surface area contributed by atoms with Crippen LogP contribution in [0.5, 0.6) is 0 Å². The third kappa shape index (κ3) is 3.47. The highest BCUT2D eigenvalue weighted by molar-refractivity contribution is 5.89. The molecule has 0 spiro atoms. The Kier molecular flexibility index (Phi) is 3.57. The molecule has 0 atom stereocenters. The second-order valence-electron chi connectivity index (χ2n) is 5.74. The van der Waals surface area contributed by atoms with Crippen LogP contribution in [0.1, 0.15) is 31.9 Å². The summed E-state index contributed by atoms with van der Waals surface area (Å²) in [6, 6.07) is 5.95. The van der Waals surface area contributed by atoms with Crippen molar-refractivity contribution < 1.29 is 4.79 Å². The Hall–Kier alpha value is -1.55. The van der Waals surface area contributed by atoms with Crippen LogP contribution < -0.4 is 16.0 Å². The van der Waals surface area contributed by atoms with Crippen molar-refractivity contribution in [2.24, 2.45) is 0 Å². The Morgan fingerprint density at radius 2 is 2.06 bits per heavy atom. The van der Waals surface area contributed by atoms with Crippen molar-refractivity contribution in [3.63, 3.8) is 0 Å². The third-order valence-corrected chi connectivity index (χ3v) is 2.84. The minimum absolute atomic E-state index is 0.161. The van der Waals surface area contributed by atoms with Gasteiger partial charge in [-0.2, -0.15) is 0 Å². The summed E-state index contributed by atoms with van der Waals surface area (Å²) in [5.41, 5.74) is 3.27. The standard InChI is InChI=1S/C14H21N3O/c1-14(2,3)17-13(18)16-12-5-4-10-6-7-15-9-11(10)8-12/h4-5,8,15H,6-7,9H2,1-3H3,(H2,16,17,18). The molecular weight excluding hydrogens is 226 g/mol. The van der Waals surface area contributed by atoms with E-state index in [9.17, 15) is 4.79 Å². The van der Waals surface area contributed by atoms with Gasteiger partial charge in [0.15, 0.2) is 0 Å². The van der Waals surface area contributed by atoms with Crippen molar-refractivity contribution >= 4 is 11.7 Å². The summed E-state index contributed by atoms with van der Waals surface area (Å²) in [6.07, 6.45) is 1.06. The van der Waals surface area contributed by atoms with Gasteiger partial charge in [-0.15, -0.1) is 0 Å². The van der Waals surface area contributed by atoms with E-state index in [-0.39, 0.29) is 11.6 Å². The molecule has 0 saturated carbocycles. The number of carbonyl (C=O) groups is 1. The fourth-order valence-corrected chi connectivity index (χ4v) is 2.06. The minimum atomic E-state index is -0.222. The first-order valence-electron chi connectivity index (χ1n) is 6.36. The largest absolute Gasteiger partial charge is 0.333 e. The van der Waals surface area contributed by atoms with Gasteiger partial charge in [-0.1, -0.05) is 6.07 Å². The zero-order chi connectivity index (χ0) is 13.2. The molecule has 1 aliphatic heterocycles. The van der Waals surface area contributed by atoms with Gasteiger partial charge < -0.3 is 16.0 Å². The topological polar surface area (TPSA) is 53.2 Å². The number of amides is 2. The average Bonchev–Trinajstić information content (AvgIpc) is 2.26. The molecule has 4 nitrogen and oxygen atoms in total. The predicted molar refractivity (Wildman–Crippen MR) is 73.8 cm³/mol. The summed E-state index contributed by atoms with van der Waals surface area (Å²) in [6.45, 7) is 7.80. The lowest BCUT2D eigenvalue weighted by Crippen LogP contribution is -2.43. The van der Waals surface area contributed by atoms with Gasteiger partial charge in [0, 0.05) is 17.8 Å². The maximum absolute atomic E-state index is 11.8. The number of hydrogen-bond acceptors (Lipinski definition) is 2. The lowest BCUT2D eigenvalue weighted by atomic mass is 10.0. The lowest BCUT2D eigenvalue weighted by molar-refractivity contribution is 0.244. The van der Waals surface area contributed by atoms with Gasteiger partial charge in [-0.3, -0.25) is 0 Å². The van der Waals surface area contributed by atoms with Crippen molar-refractivity contribution in [1.29, 1.82) is 0 Å². The summed E-state index contributed by atoms with van der Waals surface area (Å²) in [7, 11) is 0. The molecule has 2 rings (SSSR count). The molecule has 18 heavy (non-hydrogen) atoms. The van der Waals surface area contributed by atoms with Crippen LogP contribution in [0, 0.1) is 0 Å². The molecule has 1 aromatic rings. The molecule has 98 valence electrons. The van der Waals surface area contributed by atoms with Crippen LogP contribution in [0.15, 0.2) is 18.2 Å². The van der Waals surface area contributed by atoms with E-state index in [1.807, 2.05) is 32.9 Å². The van der Waals surface area contributed by atoms with E-state index in [0.29, 0.717) is 0 Å². The highest BCUT2D eigenvalue weighted by Crippen LogP contribution is 2.19. The van der Waals surface area contributed by atoms with Gasteiger partial charge in [0.1, 0.15) is 0 Å². The number of anilines is 1. The molecule has 0 fully saturated rings. The smallest absolute Gasteiger partial charge is 0.319 e. The van der Waals surface area contributed by atoms with Gasteiger partial charge >= 0.3 is 6.03 Å². The Balaban J connectivity index is 2.04. The molecule has 0 saturated heterocycles. The summed E-state index contributed by atoms with van der Waals surface area (Å²) in [4.78, 5) is 11.8. The van der Waals surface area contributed by atoms with E-state index in [0.717, 1.165) is 25.2 Å². The number of rotatable bonds is 1. The Morgan fingerprint density at radius 1 is 1.28 bits per heavy atom.